The van der Waals surface area contributed by atoms with E-state index in [1.807, 2.05) is 19.4 Å². The molecule has 2 atom stereocenters. The molecule has 0 bridgehead atoms. The Balaban J connectivity index is 1.65. The van der Waals surface area contributed by atoms with Gasteiger partial charge in [0, 0.05) is 24.8 Å². The van der Waals surface area contributed by atoms with E-state index < -0.39 is 0 Å². The monoisotopic (exact) mass is 249 g/mol. The van der Waals surface area contributed by atoms with E-state index in [0.717, 1.165) is 19.5 Å². The Kier molecular flexibility index (Phi) is 3.39. The van der Waals surface area contributed by atoms with E-state index in [1.54, 1.807) is 0 Å². The minimum absolute atomic E-state index is 0.191. The summed E-state index contributed by atoms with van der Waals surface area (Å²) in [5, 5.41) is 9.57. The number of nitrogens with zero attached hydrogens (tertiary/aromatic N) is 3. The van der Waals surface area contributed by atoms with Crippen molar-refractivity contribution in [2.45, 2.75) is 63.8 Å². The van der Waals surface area contributed by atoms with Crippen molar-refractivity contribution < 1.29 is 5.11 Å². The van der Waals surface area contributed by atoms with Crippen LogP contribution >= 0.6 is 0 Å². The first-order valence-electron chi connectivity index (χ1n) is 7.17. The molecule has 4 heteroatoms. The first-order chi connectivity index (χ1) is 8.74. The molecule has 1 N–H and O–H groups in total. The van der Waals surface area contributed by atoms with Crippen LogP contribution in [0, 0.1) is 0 Å². The lowest BCUT2D eigenvalue weighted by Crippen LogP contribution is -2.32. The van der Waals surface area contributed by atoms with Crippen molar-refractivity contribution in [3.63, 3.8) is 0 Å². The van der Waals surface area contributed by atoms with Crippen LogP contribution in [0.2, 0.25) is 0 Å². The van der Waals surface area contributed by atoms with Gasteiger partial charge in [-0.2, -0.15) is 0 Å². The van der Waals surface area contributed by atoms with Gasteiger partial charge in [-0.25, -0.2) is 4.98 Å². The van der Waals surface area contributed by atoms with Gasteiger partial charge in [-0.05, 0) is 45.6 Å². The zero-order valence-electron chi connectivity index (χ0n) is 11.1. The van der Waals surface area contributed by atoms with Crippen LogP contribution < -0.4 is 0 Å². The second-order valence-corrected chi connectivity index (χ2v) is 5.87. The molecule has 2 unspecified atom stereocenters. The van der Waals surface area contributed by atoms with Gasteiger partial charge in [0.1, 0.15) is 0 Å². The molecule has 18 heavy (non-hydrogen) atoms. The number of imidazole rings is 1. The van der Waals surface area contributed by atoms with Crippen LogP contribution in [0.1, 0.15) is 50.8 Å². The normalized spacial score (nSPS) is 26.7. The van der Waals surface area contributed by atoms with Crippen LogP contribution in [0.3, 0.4) is 0 Å². The van der Waals surface area contributed by atoms with Gasteiger partial charge in [-0.15, -0.1) is 0 Å². The SMILES string of the molecule is CC(O)CC1CCCN1Cc1cncn1C1CC1. The van der Waals surface area contributed by atoms with Crippen molar-refractivity contribution in [1.82, 2.24) is 14.5 Å². The van der Waals surface area contributed by atoms with Gasteiger partial charge in [0.15, 0.2) is 0 Å². The molecule has 0 amide bonds. The fraction of sp³-hybridized carbons (Fsp3) is 0.786. The number of rotatable bonds is 5. The second-order valence-electron chi connectivity index (χ2n) is 5.87. The predicted molar refractivity (Wildman–Crippen MR) is 70.2 cm³/mol. The molecule has 2 heterocycles. The summed E-state index contributed by atoms with van der Waals surface area (Å²) in [7, 11) is 0. The number of aliphatic hydroxyl groups excluding tert-OH is 1. The van der Waals surface area contributed by atoms with Gasteiger partial charge in [0.2, 0.25) is 0 Å². The van der Waals surface area contributed by atoms with Gasteiger partial charge in [0.05, 0.1) is 18.1 Å². The molecule has 0 radical (unpaired) electrons. The number of aromatic nitrogens is 2. The summed E-state index contributed by atoms with van der Waals surface area (Å²) < 4.78 is 2.34. The van der Waals surface area contributed by atoms with Gasteiger partial charge in [0.25, 0.3) is 0 Å². The molecule has 1 aliphatic carbocycles. The highest BCUT2D eigenvalue weighted by molar-refractivity contribution is 5.04. The maximum absolute atomic E-state index is 9.57. The molecular weight excluding hydrogens is 226 g/mol. The third-order valence-electron chi connectivity index (χ3n) is 4.16. The highest BCUT2D eigenvalue weighted by atomic mass is 16.3. The van der Waals surface area contributed by atoms with Crippen LogP contribution in [-0.2, 0) is 6.54 Å². The average Bonchev–Trinajstić information content (AvgIpc) is 2.92. The van der Waals surface area contributed by atoms with E-state index in [2.05, 4.69) is 14.5 Å². The molecule has 1 aromatic heterocycles. The first-order valence-corrected chi connectivity index (χ1v) is 7.17. The van der Waals surface area contributed by atoms with Crippen LogP contribution in [0.5, 0.6) is 0 Å². The van der Waals surface area contributed by atoms with Gasteiger partial charge in [-0.3, -0.25) is 4.90 Å². The summed E-state index contributed by atoms with van der Waals surface area (Å²) in [5.74, 6) is 0. The zero-order valence-corrected chi connectivity index (χ0v) is 11.1. The van der Waals surface area contributed by atoms with Crippen molar-refractivity contribution in [3.8, 4) is 0 Å². The van der Waals surface area contributed by atoms with E-state index in [9.17, 15) is 5.11 Å². The number of aliphatic hydroxyl groups is 1. The highest BCUT2D eigenvalue weighted by Crippen LogP contribution is 2.36. The van der Waals surface area contributed by atoms with Crippen LogP contribution in [-0.4, -0.2) is 38.2 Å². The molecule has 100 valence electrons. The standard InChI is InChI=1S/C14H23N3O/c1-11(18)7-13-3-2-6-16(13)9-14-8-15-10-17(14)12-4-5-12/h8,10-13,18H,2-7,9H2,1H3. The Hall–Kier alpha value is -0.870. The Bertz CT molecular complexity index is 397. The quantitative estimate of drug-likeness (QED) is 0.867. The summed E-state index contributed by atoms with van der Waals surface area (Å²) in [4.78, 5) is 6.81. The fourth-order valence-electron chi connectivity index (χ4n) is 3.11. The maximum atomic E-state index is 9.57. The molecule has 1 aromatic rings. The van der Waals surface area contributed by atoms with Crippen molar-refractivity contribution >= 4 is 0 Å². The number of hydrogen-bond donors (Lipinski definition) is 1. The summed E-state index contributed by atoms with van der Waals surface area (Å²) >= 11 is 0. The predicted octanol–water partition coefficient (Wildman–Crippen LogP) is 1.95. The summed E-state index contributed by atoms with van der Waals surface area (Å²) in [5.41, 5.74) is 1.34. The molecule has 3 rings (SSSR count). The van der Waals surface area contributed by atoms with E-state index in [4.69, 9.17) is 0 Å². The molecule has 1 saturated heterocycles. The van der Waals surface area contributed by atoms with Crippen LogP contribution in [0.4, 0.5) is 0 Å². The topological polar surface area (TPSA) is 41.3 Å². The Labute approximate surface area is 109 Å². The van der Waals surface area contributed by atoms with Crippen LogP contribution in [0.25, 0.3) is 0 Å². The number of likely N-dealkylation sites (tertiary alicyclic amines) is 1. The lowest BCUT2D eigenvalue weighted by Gasteiger charge is -2.25. The van der Waals surface area contributed by atoms with Crippen molar-refractivity contribution in [2.75, 3.05) is 6.54 Å². The average molecular weight is 249 g/mol. The van der Waals surface area contributed by atoms with Crippen molar-refractivity contribution in [1.29, 1.82) is 0 Å². The van der Waals surface area contributed by atoms with Gasteiger partial charge < -0.3 is 9.67 Å². The first kappa shape index (κ1) is 12.2. The molecule has 2 aliphatic rings. The third-order valence-corrected chi connectivity index (χ3v) is 4.16. The third kappa shape index (κ3) is 2.59. The summed E-state index contributed by atoms with van der Waals surface area (Å²) in [6.07, 6.45) is 9.79. The van der Waals surface area contributed by atoms with Crippen LogP contribution in [0.15, 0.2) is 12.5 Å². The molecule has 0 aromatic carbocycles. The fourth-order valence-corrected chi connectivity index (χ4v) is 3.11. The lowest BCUT2D eigenvalue weighted by atomic mass is 10.1. The maximum Gasteiger partial charge on any atom is 0.0951 e. The Morgan fingerprint density at radius 3 is 3.00 bits per heavy atom. The van der Waals surface area contributed by atoms with Crippen molar-refractivity contribution in [2.24, 2.45) is 0 Å². The second kappa shape index (κ2) is 5.02. The smallest absolute Gasteiger partial charge is 0.0951 e. The van der Waals surface area contributed by atoms with Crippen molar-refractivity contribution in [3.05, 3.63) is 18.2 Å². The Morgan fingerprint density at radius 2 is 2.28 bits per heavy atom. The minimum atomic E-state index is -0.191. The molecular formula is C14H23N3O. The van der Waals surface area contributed by atoms with E-state index >= 15 is 0 Å². The molecule has 1 saturated carbocycles. The molecule has 0 spiro atoms. The highest BCUT2D eigenvalue weighted by Gasteiger charge is 2.29. The molecule has 1 aliphatic heterocycles. The van der Waals surface area contributed by atoms with E-state index in [0.29, 0.717) is 12.1 Å². The largest absolute Gasteiger partial charge is 0.393 e. The zero-order chi connectivity index (χ0) is 12.5. The summed E-state index contributed by atoms with van der Waals surface area (Å²) in [6.45, 7) is 4.05. The van der Waals surface area contributed by atoms with Gasteiger partial charge >= 0.3 is 0 Å². The van der Waals surface area contributed by atoms with E-state index in [1.165, 1.54) is 31.4 Å². The number of hydrogen-bond acceptors (Lipinski definition) is 3. The van der Waals surface area contributed by atoms with Gasteiger partial charge in [-0.1, -0.05) is 0 Å². The lowest BCUT2D eigenvalue weighted by molar-refractivity contribution is 0.129. The minimum Gasteiger partial charge on any atom is -0.393 e. The Morgan fingerprint density at radius 1 is 1.44 bits per heavy atom. The van der Waals surface area contributed by atoms with E-state index in [-0.39, 0.29) is 6.10 Å². The summed E-state index contributed by atoms with van der Waals surface area (Å²) in [6, 6.07) is 1.26. The molecule has 4 nitrogen and oxygen atoms in total. The molecule has 2 fully saturated rings.